The van der Waals surface area contributed by atoms with E-state index in [4.69, 9.17) is 10.5 Å². The fourth-order valence-electron chi connectivity index (χ4n) is 2.10. The quantitative estimate of drug-likeness (QED) is 0.350. The van der Waals surface area contributed by atoms with E-state index in [-0.39, 0.29) is 13.0 Å². The van der Waals surface area contributed by atoms with Gasteiger partial charge in [0.05, 0.1) is 25.4 Å². The van der Waals surface area contributed by atoms with Gasteiger partial charge in [-0.05, 0) is 0 Å². The first kappa shape index (κ1) is 16.3. The smallest absolute Gasteiger partial charge is 0.366 e. The largest absolute Gasteiger partial charge is 0.465 e. The molecular formula is C11H21NO7. The van der Waals surface area contributed by atoms with E-state index >= 15 is 0 Å². The summed E-state index contributed by atoms with van der Waals surface area (Å²) in [7, 11) is 1.06. The number of hydrogen-bond donors (Lipinski definition) is 5. The number of esters is 1. The Morgan fingerprint density at radius 1 is 1.58 bits per heavy atom. The third-order valence-corrected chi connectivity index (χ3v) is 3.42. The number of hydrogen-bond acceptors (Lipinski definition) is 8. The fraction of sp³-hybridized carbons (Fsp3) is 0.909. The van der Waals surface area contributed by atoms with Crippen LogP contribution >= 0.6 is 0 Å². The van der Waals surface area contributed by atoms with E-state index in [2.05, 4.69) is 4.74 Å². The molecule has 0 amide bonds. The lowest BCUT2D eigenvalue weighted by Gasteiger charge is -2.43. The lowest BCUT2D eigenvalue weighted by molar-refractivity contribution is -0.302. The van der Waals surface area contributed by atoms with E-state index < -0.39 is 42.1 Å². The maximum atomic E-state index is 11.5. The molecule has 0 aliphatic carbocycles. The highest BCUT2D eigenvalue weighted by Gasteiger charge is 2.52. The highest BCUT2D eigenvalue weighted by atomic mass is 16.7. The van der Waals surface area contributed by atoms with Gasteiger partial charge in [0.15, 0.2) is 0 Å². The third kappa shape index (κ3) is 3.22. The summed E-state index contributed by atoms with van der Waals surface area (Å²) >= 11 is 0. The second-order valence-electron chi connectivity index (χ2n) is 4.78. The van der Waals surface area contributed by atoms with Crippen LogP contribution in [0.15, 0.2) is 0 Å². The van der Waals surface area contributed by atoms with Gasteiger partial charge in [-0.1, -0.05) is 6.92 Å². The molecule has 0 radical (unpaired) electrons. The van der Waals surface area contributed by atoms with Crippen LogP contribution in [0.2, 0.25) is 0 Å². The molecule has 0 bridgehead atoms. The van der Waals surface area contributed by atoms with Crippen molar-refractivity contribution in [3.05, 3.63) is 0 Å². The Morgan fingerprint density at radius 3 is 2.63 bits per heavy atom. The minimum Gasteiger partial charge on any atom is -0.465 e. The predicted octanol–water partition coefficient (Wildman–Crippen LogP) is -2.69. The summed E-state index contributed by atoms with van der Waals surface area (Å²) in [5.41, 5.74) is 5.23. The van der Waals surface area contributed by atoms with E-state index in [1.807, 2.05) is 0 Å². The Hall–Kier alpha value is -0.770. The molecule has 0 aromatic carbocycles. The van der Waals surface area contributed by atoms with Gasteiger partial charge in [0.2, 0.25) is 0 Å². The SMILES string of the molecule is COC(=O)[C@@]1(O)C[C@@H](O)[C@@H](C)C([C@H](O)[C@H](O)CN)O1. The second kappa shape index (κ2) is 6.12. The van der Waals surface area contributed by atoms with E-state index in [1.165, 1.54) is 0 Å². The number of carbonyl (C=O) groups excluding carboxylic acids is 1. The molecule has 0 aromatic rings. The number of rotatable bonds is 4. The van der Waals surface area contributed by atoms with Gasteiger partial charge in [-0.3, -0.25) is 0 Å². The van der Waals surface area contributed by atoms with Crippen LogP contribution < -0.4 is 5.73 Å². The van der Waals surface area contributed by atoms with Crippen LogP contribution in [0.25, 0.3) is 0 Å². The Balaban J connectivity index is 2.94. The molecule has 1 fully saturated rings. The highest BCUT2D eigenvalue weighted by Crippen LogP contribution is 2.34. The van der Waals surface area contributed by atoms with Crippen LogP contribution in [0.3, 0.4) is 0 Å². The van der Waals surface area contributed by atoms with E-state index in [9.17, 15) is 25.2 Å². The van der Waals surface area contributed by atoms with E-state index in [0.29, 0.717) is 0 Å². The zero-order chi connectivity index (χ0) is 14.8. The minimum atomic E-state index is -2.35. The molecule has 0 aromatic heterocycles. The molecule has 1 aliphatic heterocycles. The molecule has 1 heterocycles. The molecule has 112 valence electrons. The third-order valence-electron chi connectivity index (χ3n) is 3.42. The normalized spacial score (nSPS) is 38.6. The van der Waals surface area contributed by atoms with Crippen LogP contribution in [0.5, 0.6) is 0 Å². The first-order chi connectivity index (χ1) is 8.76. The molecule has 0 saturated carbocycles. The van der Waals surface area contributed by atoms with Gasteiger partial charge < -0.3 is 35.6 Å². The van der Waals surface area contributed by atoms with Crippen molar-refractivity contribution in [2.45, 2.75) is 43.5 Å². The standard InChI is InChI=1S/C11H21NO7/c1-5-6(13)3-11(17,10(16)18-2)19-9(5)8(15)7(14)4-12/h5-9,13-15,17H,3-4,12H2,1-2H3/t5-,6-,7-,8-,9?,11-/m1/s1. The lowest BCUT2D eigenvalue weighted by atomic mass is 9.84. The topological polar surface area (TPSA) is 142 Å². The van der Waals surface area contributed by atoms with Crippen molar-refractivity contribution in [3.63, 3.8) is 0 Å². The van der Waals surface area contributed by atoms with Gasteiger partial charge in [0.25, 0.3) is 5.79 Å². The van der Waals surface area contributed by atoms with E-state index in [1.54, 1.807) is 6.92 Å². The zero-order valence-electron chi connectivity index (χ0n) is 10.9. The summed E-state index contributed by atoms with van der Waals surface area (Å²) in [5.74, 6) is -4.01. The van der Waals surface area contributed by atoms with Crippen LogP contribution in [0.4, 0.5) is 0 Å². The number of aliphatic hydroxyl groups excluding tert-OH is 3. The Labute approximate surface area is 110 Å². The Morgan fingerprint density at radius 2 is 2.16 bits per heavy atom. The van der Waals surface area contributed by atoms with Gasteiger partial charge in [0, 0.05) is 18.9 Å². The average molecular weight is 279 g/mol. The Kier molecular flexibility index (Phi) is 5.25. The van der Waals surface area contributed by atoms with E-state index in [0.717, 1.165) is 7.11 Å². The zero-order valence-corrected chi connectivity index (χ0v) is 10.9. The molecule has 1 saturated heterocycles. The van der Waals surface area contributed by atoms with Crippen LogP contribution in [-0.2, 0) is 14.3 Å². The Bertz CT molecular complexity index is 326. The van der Waals surface area contributed by atoms with Gasteiger partial charge in [-0.2, -0.15) is 0 Å². The summed E-state index contributed by atoms with van der Waals surface area (Å²) in [6, 6.07) is 0. The molecule has 8 nitrogen and oxygen atoms in total. The van der Waals surface area contributed by atoms with Crippen LogP contribution in [-0.4, -0.2) is 70.3 Å². The monoisotopic (exact) mass is 279 g/mol. The average Bonchev–Trinajstić information content (AvgIpc) is 2.40. The number of nitrogens with two attached hydrogens (primary N) is 1. The molecule has 8 heteroatoms. The summed E-state index contributed by atoms with van der Waals surface area (Å²) in [4.78, 5) is 11.5. The van der Waals surface area contributed by atoms with Crippen molar-refractivity contribution in [3.8, 4) is 0 Å². The van der Waals surface area contributed by atoms with Crippen LogP contribution in [0.1, 0.15) is 13.3 Å². The number of ether oxygens (including phenoxy) is 2. The predicted molar refractivity (Wildman–Crippen MR) is 62.7 cm³/mol. The first-order valence-corrected chi connectivity index (χ1v) is 5.99. The van der Waals surface area contributed by atoms with Gasteiger partial charge in [0.1, 0.15) is 6.10 Å². The summed E-state index contributed by atoms with van der Waals surface area (Å²) in [5, 5.41) is 39.3. The number of carbonyl (C=O) groups is 1. The minimum absolute atomic E-state index is 0.222. The van der Waals surface area contributed by atoms with Crippen molar-refractivity contribution in [2.75, 3.05) is 13.7 Å². The number of aliphatic hydroxyl groups is 4. The molecule has 6 atom stereocenters. The van der Waals surface area contributed by atoms with Gasteiger partial charge in [-0.15, -0.1) is 0 Å². The molecule has 19 heavy (non-hydrogen) atoms. The van der Waals surface area contributed by atoms with Gasteiger partial charge >= 0.3 is 5.97 Å². The number of methoxy groups -OCH3 is 1. The molecule has 1 aliphatic rings. The highest BCUT2D eigenvalue weighted by molar-refractivity contribution is 5.77. The first-order valence-electron chi connectivity index (χ1n) is 5.99. The molecule has 6 N–H and O–H groups in total. The summed E-state index contributed by atoms with van der Waals surface area (Å²) in [6.45, 7) is 1.35. The fourth-order valence-corrected chi connectivity index (χ4v) is 2.10. The van der Waals surface area contributed by atoms with Crippen molar-refractivity contribution in [1.29, 1.82) is 0 Å². The summed E-state index contributed by atoms with van der Waals surface area (Å²) < 4.78 is 9.55. The van der Waals surface area contributed by atoms with Crippen molar-refractivity contribution in [1.82, 2.24) is 0 Å². The van der Waals surface area contributed by atoms with Crippen LogP contribution in [0, 0.1) is 5.92 Å². The van der Waals surface area contributed by atoms with Crippen molar-refractivity contribution in [2.24, 2.45) is 11.7 Å². The van der Waals surface area contributed by atoms with Gasteiger partial charge in [-0.25, -0.2) is 4.79 Å². The van der Waals surface area contributed by atoms with Crippen molar-refractivity contribution >= 4 is 5.97 Å². The molecule has 1 unspecified atom stereocenters. The van der Waals surface area contributed by atoms with Crippen molar-refractivity contribution < 1.29 is 34.7 Å². The maximum absolute atomic E-state index is 11.5. The molecule has 1 rings (SSSR count). The summed E-state index contributed by atoms with van der Waals surface area (Å²) in [6.07, 6.45) is -5.34. The maximum Gasteiger partial charge on any atom is 0.366 e. The second-order valence-corrected chi connectivity index (χ2v) is 4.78. The lowest BCUT2D eigenvalue weighted by Crippen LogP contribution is -2.60. The molecular weight excluding hydrogens is 258 g/mol. The molecule has 0 spiro atoms.